The first kappa shape index (κ1) is 20.2. The number of methoxy groups -OCH3 is 1. The molecule has 3 aromatic carbocycles. The number of benzene rings is 3. The number of rotatable bonds is 9. The van der Waals surface area contributed by atoms with Crippen molar-refractivity contribution < 1.29 is 13.9 Å². The average Bonchev–Trinajstić information content (AvgIpc) is 2.72. The van der Waals surface area contributed by atoms with E-state index in [1.54, 1.807) is 25.3 Å². The van der Waals surface area contributed by atoms with E-state index in [1.807, 2.05) is 42.5 Å². The lowest BCUT2D eigenvalue weighted by atomic mass is 10.1. The molecule has 146 valence electrons. The predicted molar refractivity (Wildman–Crippen MR) is 111 cm³/mol. The van der Waals surface area contributed by atoms with E-state index in [0.29, 0.717) is 23.6 Å². The molecule has 3 nitrogen and oxygen atoms in total. The molecule has 0 spiro atoms. The summed E-state index contributed by atoms with van der Waals surface area (Å²) in [5.41, 5.74) is 2.69. The molecule has 0 aliphatic carbocycles. The highest BCUT2D eigenvalue weighted by molar-refractivity contribution is 6.30. The van der Waals surface area contributed by atoms with E-state index in [0.717, 1.165) is 23.6 Å². The van der Waals surface area contributed by atoms with Gasteiger partial charge < -0.3 is 14.8 Å². The highest BCUT2D eigenvalue weighted by atomic mass is 35.5. The van der Waals surface area contributed by atoms with Crippen molar-refractivity contribution in [2.75, 3.05) is 13.7 Å². The molecular weight excluding hydrogens is 377 g/mol. The maximum absolute atomic E-state index is 13.9. The summed E-state index contributed by atoms with van der Waals surface area (Å²) in [7, 11) is 1.60. The average molecular weight is 400 g/mol. The Labute approximate surface area is 170 Å². The predicted octanol–water partition coefficient (Wildman–Crippen LogP) is 5.40. The maximum Gasteiger partial charge on any atom is 0.166 e. The van der Waals surface area contributed by atoms with Gasteiger partial charge in [0.25, 0.3) is 0 Å². The molecule has 0 saturated carbocycles. The van der Waals surface area contributed by atoms with E-state index in [4.69, 9.17) is 21.1 Å². The molecule has 0 fully saturated rings. The van der Waals surface area contributed by atoms with Crippen LogP contribution in [0.2, 0.25) is 5.02 Å². The standard InChI is InChI=1S/C23H23ClFNO2/c1-27-22-8-4-6-18(15-26-14-13-17-9-11-20(24)12-10-17)23(22)28-16-19-5-2-3-7-21(19)25/h2-12,26H,13-16H2,1H3. The van der Waals surface area contributed by atoms with Gasteiger partial charge in [-0.3, -0.25) is 0 Å². The number of halogens is 2. The Balaban J connectivity index is 1.62. The second-order valence-electron chi connectivity index (χ2n) is 6.38. The van der Waals surface area contributed by atoms with Crippen molar-refractivity contribution in [2.45, 2.75) is 19.6 Å². The van der Waals surface area contributed by atoms with E-state index < -0.39 is 0 Å². The van der Waals surface area contributed by atoms with E-state index in [2.05, 4.69) is 5.32 Å². The van der Waals surface area contributed by atoms with Crippen LogP contribution in [0.15, 0.2) is 66.7 Å². The topological polar surface area (TPSA) is 30.5 Å². The summed E-state index contributed by atoms with van der Waals surface area (Å²) in [5, 5.41) is 4.16. The molecule has 0 aliphatic rings. The van der Waals surface area contributed by atoms with Crippen LogP contribution in [0.25, 0.3) is 0 Å². The van der Waals surface area contributed by atoms with Gasteiger partial charge in [0, 0.05) is 22.7 Å². The fraction of sp³-hybridized carbons (Fsp3) is 0.217. The van der Waals surface area contributed by atoms with Gasteiger partial charge in [-0.2, -0.15) is 0 Å². The van der Waals surface area contributed by atoms with Crippen molar-refractivity contribution in [3.63, 3.8) is 0 Å². The normalized spacial score (nSPS) is 10.7. The lowest BCUT2D eigenvalue weighted by Crippen LogP contribution is -2.17. The van der Waals surface area contributed by atoms with Crippen LogP contribution in [0.1, 0.15) is 16.7 Å². The van der Waals surface area contributed by atoms with E-state index >= 15 is 0 Å². The summed E-state index contributed by atoms with van der Waals surface area (Å²) in [6, 6.07) is 20.2. The molecule has 0 saturated heterocycles. The Bertz CT molecular complexity index is 899. The molecule has 28 heavy (non-hydrogen) atoms. The molecule has 3 rings (SSSR count). The van der Waals surface area contributed by atoms with Gasteiger partial charge in [0.05, 0.1) is 7.11 Å². The van der Waals surface area contributed by atoms with Crippen LogP contribution in [-0.4, -0.2) is 13.7 Å². The first-order valence-corrected chi connectivity index (χ1v) is 9.52. The van der Waals surface area contributed by atoms with Crippen LogP contribution < -0.4 is 14.8 Å². The second-order valence-corrected chi connectivity index (χ2v) is 6.82. The highest BCUT2D eigenvalue weighted by Crippen LogP contribution is 2.32. The van der Waals surface area contributed by atoms with E-state index in [9.17, 15) is 4.39 Å². The minimum Gasteiger partial charge on any atom is -0.493 e. The first-order chi connectivity index (χ1) is 13.7. The van der Waals surface area contributed by atoms with Crippen molar-refractivity contribution in [1.29, 1.82) is 0 Å². The van der Waals surface area contributed by atoms with Gasteiger partial charge in [0.1, 0.15) is 12.4 Å². The van der Waals surface area contributed by atoms with Gasteiger partial charge >= 0.3 is 0 Å². The fourth-order valence-electron chi connectivity index (χ4n) is 2.90. The van der Waals surface area contributed by atoms with Crippen molar-refractivity contribution in [3.05, 3.63) is 94.3 Å². The quantitative estimate of drug-likeness (QED) is 0.489. The van der Waals surface area contributed by atoms with Crippen LogP contribution >= 0.6 is 11.6 Å². The minimum atomic E-state index is -0.278. The van der Waals surface area contributed by atoms with Gasteiger partial charge in [-0.25, -0.2) is 4.39 Å². The minimum absolute atomic E-state index is 0.144. The van der Waals surface area contributed by atoms with E-state index in [-0.39, 0.29) is 12.4 Å². The summed E-state index contributed by atoms with van der Waals surface area (Å²) < 4.78 is 25.2. The van der Waals surface area contributed by atoms with E-state index in [1.165, 1.54) is 11.6 Å². The van der Waals surface area contributed by atoms with Gasteiger partial charge in [0.2, 0.25) is 0 Å². The molecule has 0 aromatic heterocycles. The molecule has 0 amide bonds. The second kappa shape index (κ2) is 10.1. The van der Waals surface area contributed by atoms with Crippen LogP contribution in [0.3, 0.4) is 0 Å². The molecule has 0 bridgehead atoms. The van der Waals surface area contributed by atoms with Crippen LogP contribution in [0.5, 0.6) is 11.5 Å². The summed E-state index contributed by atoms with van der Waals surface area (Å²) in [4.78, 5) is 0. The third-order valence-electron chi connectivity index (χ3n) is 4.43. The van der Waals surface area contributed by atoms with Crippen molar-refractivity contribution in [2.24, 2.45) is 0 Å². The van der Waals surface area contributed by atoms with Crippen LogP contribution in [-0.2, 0) is 19.6 Å². The zero-order valence-corrected chi connectivity index (χ0v) is 16.5. The maximum atomic E-state index is 13.9. The molecule has 1 N–H and O–H groups in total. The number of para-hydroxylation sites is 1. The molecule has 0 unspecified atom stereocenters. The monoisotopic (exact) mass is 399 g/mol. The van der Waals surface area contributed by atoms with Crippen LogP contribution in [0.4, 0.5) is 4.39 Å². The number of ether oxygens (including phenoxy) is 2. The number of hydrogen-bond acceptors (Lipinski definition) is 3. The van der Waals surface area contributed by atoms with Gasteiger partial charge in [-0.05, 0) is 42.8 Å². The third kappa shape index (κ3) is 5.47. The van der Waals surface area contributed by atoms with Gasteiger partial charge in [-0.1, -0.05) is 54.1 Å². The smallest absolute Gasteiger partial charge is 0.166 e. The zero-order chi connectivity index (χ0) is 19.8. The lowest BCUT2D eigenvalue weighted by Gasteiger charge is -2.16. The Morgan fingerprint density at radius 2 is 1.68 bits per heavy atom. The van der Waals surface area contributed by atoms with Crippen molar-refractivity contribution >= 4 is 11.6 Å². The molecule has 0 atom stereocenters. The Morgan fingerprint density at radius 1 is 0.929 bits per heavy atom. The molecular formula is C23H23ClFNO2. The summed E-state index contributed by atoms with van der Waals surface area (Å²) in [5.74, 6) is 0.987. The Hall–Kier alpha value is -2.56. The Kier molecular flexibility index (Phi) is 7.29. The van der Waals surface area contributed by atoms with Crippen LogP contribution in [0, 0.1) is 5.82 Å². The largest absolute Gasteiger partial charge is 0.493 e. The molecule has 5 heteroatoms. The third-order valence-corrected chi connectivity index (χ3v) is 4.68. The first-order valence-electron chi connectivity index (χ1n) is 9.14. The molecule has 0 radical (unpaired) electrons. The SMILES string of the molecule is COc1cccc(CNCCc2ccc(Cl)cc2)c1OCc1ccccc1F. The van der Waals surface area contributed by atoms with Gasteiger partial charge in [0.15, 0.2) is 11.5 Å². The summed E-state index contributed by atoms with van der Waals surface area (Å²) in [6.07, 6.45) is 0.895. The van der Waals surface area contributed by atoms with Gasteiger partial charge in [-0.15, -0.1) is 0 Å². The Morgan fingerprint density at radius 3 is 2.43 bits per heavy atom. The highest BCUT2D eigenvalue weighted by Gasteiger charge is 2.12. The van der Waals surface area contributed by atoms with Crippen molar-refractivity contribution in [3.8, 4) is 11.5 Å². The fourth-order valence-corrected chi connectivity index (χ4v) is 3.02. The lowest BCUT2D eigenvalue weighted by molar-refractivity contribution is 0.276. The summed E-state index contributed by atoms with van der Waals surface area (Å²) in [6.45, 7) is 1.58. The van der Waals surface area contributed by atoms with Crippen molar-refractivity contribution in [1.82, 2.24) is 5.32 Å². The number of hydrogen-bond donors (Lipinski definition) is 1. The molecule has 3 aromatic rings. The summed E-state index contributed by atoms with van der Waals surface area (Å²) >= 11 is 5.92. The molecule has 0 heterocycles. The zero-order valence-electron chi connectivity index (χ0n) is 15.8. The molecule has 0 aliphatic heterocycles. The number of nitrogens with one attached hydrogen (secondary N) is 1.